The molecule has 0 radical (unpaired) electrons. The van der Waals surface area contributed by atoms with Gasteiger partial charge in [0, 0.05) is 29.7 Å². The van der Waals surface area contributed by atoms with Gasteiger partial charge in [0.05, 0.1) is 18.4 Å². The number of fused-ring (bicyclic) bond motifs is 1. The topological polar surface area (TPSA) is 43.2 Å². The lowest BCUT2D eigenvalue weighted by Crippen LogP contribution is -2.33. The van der Waals surface area contributed by atoms with Crippen molar-refractivity contribution < 1.29 is 17.9 Å². The quantitative estimate of drug-likeness (QED) is 0.635. The predicted molar refractivity (Wildman–Crippen MR) is 105 cm³/mol. The maximum atomic E-state index is 13.1. The first-order chi connectivity index (χ1) is 13.8. The Bertz CT molecular complexity index is 1040. The number of hydrogen-bond acceptors (Lipinski definition) is 4. The molecule has 5 nitrogen and oxygen atoms in total. The van der Waals surface area contributed by atoms with Gasteiger partial charge < -0.3 is 14.2 Å². The maximum Gasteiger partial charge on any atom is 0.416 e. The Morgan fingerprint density at radius 2 is 1.97 bits per heavy atom. The summed E-state index contributed by atoms with van der Waals surface area (Å²) < 4.78 is 46.8. The van der Waals surface area contributed by atoms with E-state index in [4.69, 9.17) is 4.74 Å². The van der Waals surface area contributed by atoms with E-state index in [9.17, 15) is 13.2 Å². The molecule has 1 aromatic carbocycles. The lowest BCUT2D eigenvalue weighted by atomic mass is 10.00. The maximum absolute atomic E-state index is 13.1. The summed E-state index contributed by atoms with van der Waals surface area (Å²) in [5, 5.41) is 9.67. The summed E-state index contributed by atoms with van der Waals surface area (Å²) in [4.78, 5) is 2.30. The van der Waals surface area contributed by atoms with E-state index in [2.05, 4.69) is 26.7 Å². The second-order valence-electron chi connectivity index (χ2n) is 7.66. The number of aryl methyl sites for hydroxylation is 1. The number of methoxy groups -OCH3 is 1. The third-order valence-electron chi connectivity index (χ3n) is 5.56. The second-order valence-corrected chi connectivity index (χ2v) is 7.66. The van der Waals surface area contributed by atoms with Gasteiger partial charge in [-0.15, -0.1) is 10.2 Å². The van der Waals surface area contributed by atoms with Gasteiger partial charge in [-0.3, -0.25) is 0 Å². The van der Waals surface area contributed by atoms with Crippen LogP contribution in [-0.2, 0) is 6.18 Å². The third kappa shape index (κ3) is 3.69. The van der Waals surface area contributed by atoms with Gasteiger partial charge in [-0.2, -0.15) is 13.2 Å². The standard InChI is InChI=1S/C21H23F3N4O/c1-13-9-15(21(22,23)24)11-18(29-3)19(13)17-10-14-6-8-28(20(14)26-25-17)16-5-4-7-27(2)12-16/h6,8-11,16H,4-5,7,12H2,1-3H3/t16-/m1/s1. The minimum Gasteiger partial charge on any atom is -0.496 e. The molecule has 0 bridgehead atoms. The van der Waals surface area contributed by atoms with Crippen LogP contribution in [0.1, 0.15) is 30.0 Å². The van der Waals surface area contributed by atoms with Crippen LogP contribution in [0.5, 0.6) is 5.75 Å². The van der Waals surface area contributed by atoms with Crippen LogP contribution < -0.4 is 4.74 Å². The number of nitrogens with zero attached hydrogens (tertiary/aromatic N) is 4. The van der Waals surface area contributed by atoms with E-state index in [-0.39, 0.29) is 5.75 Å². The number of rotatable bonds is 3. The first kappa shape index (κ1) is 19.7. The van der Waals surface area contributed by atoms with Crippen LogP contribution in [0.3, 0.4) is 0 Å². The molecular formula is C21H23F3N4O. The molecule has 4 rings (SSSR count). The van der Waals surface area contributed by atoms with E-state index in [1.54, 1.807) is 6.92 Å². The SMILES string of the molecule is COc1cc(C(F)(F)F)cc(C)c1-c1cc2ccn([C@@H]3CCCN(C)C3)c2nn1. The fourth-order valence-electron chi connectivity index (χ4n) is 4.14. The monoisotopic (exact) mass is 404 g/mol. The molecule has 3 heterocycles. The molecule has 0 saturated carbocycles. The van der Waals surface area contributed by atoms with E-state index in [1.807, 2.05) is 18.3 Å². The van der Waals surface area contributed by atoms with Gasteiger partial charge in [-0.05, 0) is 63.2 Å². The number of likely N-dealkylation sites (N-methyl/N-ethyl adjacent to an activating group) is 1. The van der Waals surface area contributed by atoms with Crippen LogP contribution in [-0.4, -0.2) is 46.9 Å². The molecule has 0 aliphatic carbocycles. The number of benzene rings is 1. The molecule has 1 aliphatic rings. The third-order valence-corrected chi connectivity index (χ3v) is 5.56. The number of likely N-dealkylation sites (tertiary alicyclic amines) is 1. The summed E-state index contributed by atoms with van der Waals surface area (Å²) in [5.41, 5.74) is 1.52. The van der Waals surface area contributed by atoms with Crippen molar-refractivity contribution in [3.63, 3.8) is 0 Å². The van der Waals surface area contributed by atoms with Crippen LogP contribution in [0.15, 0.2) is 30.5 Å². The van der Waals surface area contributed by atoms with Gasteiger partial charge in [-0.25, -0.2) is 0 Å². The molecule has 2 aromatic heterocycles. The average molecular weight is 404 g/mol. The lowest BCUT2D eigenvalue weighted by molar-refractivity contribution is -0.137. The summed E-state index contributed by atoms with van der Waals surface area (Å²) in [5.74, 6) is 0.138. The Labute approximate surface area is 167 Å². The van der Waals surface area contributed by atoms with Gasteiger partial charge in [0.25, 0.3) is 0 Å². The van der Waals surface area contributed by atoms with Crippen LogP contribution in [0.25, 0.3) is 22.3 Å². The van der Waals surface area contributed by atoms with E-state index >= 15 is 0 Å². The van der Waals surface area contributed by atoms with Crippen LogP contribution in [0, 0.1) is 6.92 Å². The number of aromatic nitrogens is 3. The van der Waals surface area contributed by atoms with Crippen molar-refractivity contribution in [1.29, 1.82) is 0 Å². The zero-order valence-corrected chi connectivity index (χ0v) is 16.6. The predicted octanol–water partition coefficient (Wildman–Crippen LogP) is 4.70. The van der Waals surface area contributed by atoms with E-state index in [1.165, 1.54) is 7.11 Å². The minimum absolute atomic E-state index is 0.138. The fraction of sp³-hybridized carbons (Fsp3) is 0.429. The van der Waals surface area contributed by atoms with Crippen LogP contribution in [0.4, 0.5) is 13.2 Å². The normalized spacial score (nSPS) is 18.3. The van der Waals surface area contributed by atoms with Gasteiger partial charge in [-0.1, -0.05) is 0 Å². The molecule has 0 spiro atoms. The molecule has 29 heavy (non-hydrogen) atoms. The molecule has 1 saturated heterocycles. The van der Waals surface area contributed by atoms with Crippen molar-refractivity contribution in [2.24, 2.45) is 0 Å². The van der Waals surface area contributed by atoms with Crippen molar-refractivity contribution in [3.8, 4) is 17.0 Å². The van der Waals surface area contributed by atoms with Crippen molar-refractivity contribution in [1.82, 2.24) is 19.7 Å². The number of ether oxygens (including phenoxy) is 1. The zero-order chi connectivity index (χ0) is 20.8. The van der Waals surface area contributed by atoms with Gasteiger partial charge in [0.1, 0.15) is 5.75 Å². The smallest absolute Gasteiger partial charge is 0.416 e. The molecule has 1 atom stereocenters. The number of piperidine rings is 1. The Kier molecular flexibility index (Phi) is 4.98. The first-order valence-electron chi connectivity index (χ1n) is 9.57. The van der Waals surface area contributed by atoms with Crippen LogP contribution in [0.2, 0.25) is 0 Å². The van der Waals surface area contributed by atoms with Crippen molar-refractivity contribution in [2.45, 2.75) is 32.0 Å². The summed E-state index contributed by atoms with van der Waals surface area (Å²) in [6, 6.07) is 6.32. The Morgan fingerprint density at radius 3 is 2.66 bits per heavy atom. The summed E-state index contributed by atoms with van der Waals surface area (Å²) in [7, 11) is 3.47. The fourth-order valence-corrected chi connectivity index (χ4v) is 4.14. The Morgan fingerprint density at radius 1 is 1.17 bits per heavy atom. The molecule has 0 amide bonds. The number of hydrogen-bond donors (Lipinski definition) is 0. The van der Waals surface area contributed by atoms with E-state index in [0.717, 1.165) is 49.1 Å². The van der Waals surface area contributed by atoms with Gasteiger partial charge in [0.2, 0.25) is 0 Å². The van der Waals surface area contributed by atoms with Gasteiger partial charge >= 0.3 is 6.18 Å². The molecule has 154 valence electrons. The van der Waals surface area contributed by atoms with E-state index in [0.29, 0.717) is 22.9 Å². The molecule has 3 aromatic rings. The average Bonchev–Trinajstić information content (AvgIpc) is 3.09. The minimum atomic E-state index is -4.43. The number of alkyl halides is 3. The highest BCUT2D eigenvalue weighted by Gasteiger charge is 2.32. The highest BCUT2D eigenvalue weighted by molar-refractivity contribution is 5.82. The van der Waals surface area contributed by atoms with Crippen molar-refractivity contribution in [3.05, 3.63) is 41.6 Å². The summed E-state index contributed by atoms with van der Waals surface area (Å²) in [6.07, 6.45) is -0.196. The molecule has 0 unspecified atom stereocenters. The largest absolute Gasteiger partial charge is 0.496 e. The Balaban J connectivity index is 1.76. The van der Waals surface area contributed by atoms with E-state index < -0.39 is 11.7 Å². The van der Waals surface area contributed by atoms with Gasteiger partial charge in [0.15, 0.2) is 5.65 Å². The Hall–Kier alpha value is -2.61. The lowest BCUT2D eigenvalue weighted by Gasteiger charge is -2.30. The molecule has 1 aliphatic heterocycles. The van der Waals surface area contributed by atoms with Crippen molar-refractivity contribution >= 4 is 11.0 Å². The first-order valence-corrected chi connectivity index (χ1v) is 9.57. The van der Waals surface area contributed by atoms with Crippen LogP contribution >= 0.6 is 0 Å². The van der Waals surface area contributed by atoms with Crippen molar-refractivity contribution in [2.75, 3.05) is 27.2 Å². The molecule has 1 fully saturated rings. The summed E-state index contributed by atoms with van der Waals surface area (Å²) >= 11 is 0. The molecular weight excluding hydrogens is 381 g/mol. The summed E-state index contributed by atoms with van der Waals surface area (Å²) in [6.45, 7) is 3.68. The zero-order valence-electron chi connectivity index (χ0n) is 16.6. The number of halogens is 3. The highest BCUT2D eigenvalue weighted by atomic mass is 19.4. The highest BCUT2D eigenvalue weighted by Crippen LogP contribution is 2.39. The molecule has 0 N–H and O–H groups in total. The second kappa shape index (κ2) is 7.33. The molecule has 8 heteroatoms.